The second kappa shape index (κ2) is 6.57. The van der Waals surface area contributed by atoms with Gasteiger partial charge >= 0.3 is 5.97 Å². The molecule has 0 aliphatic rings. The van der Waals surface area contributed by atoms with Crippen LogP contribution in [0.5, 0.6) is 0 Å². The van der Waals surface area contributed by atoms with E-state index in [0.29, 0.717) is 5.56 Å². The van der Waals surface area contributed by atoms with Crippen molar-refractivity contribution in [3.05, 3.63) is 46.5 Å². The van der Waals surface area contributed by atoms with Crippen LogP contribution in [0.2, 0.25) is 0 Å². The van der Waals surface area contributed by atoms with Gasteiger partial charge in [-0.25, -0.2) is 4.79 Å². The molecule has 17 heavy (non-hydrogen) atoms. The minimum absolute atomic E-state index is 0.252. The van der Waals surface area contributed by atoms with Crippen LogP contribution in [0.1, 0.15) is 22.8 Å². The van der Waals surface area contributed by atoms with Gasteiger partial charge in [-0.15, -0.1) is 6.58 Å². The van der Waals surface area contributed by atoms with Crippen molar-refractivity contribution in [3.63, 3.8) is 0 Å². The van der Waals surface area contributed by atoms with Gasteiger partial charge in [-0.3, -0.25) is 0 Å². The van der Waals surface area contributed by atoms with E-state index in [1.54, 1.807) is 12.1 Å². The number of carbonyl (C=O) groups is 1. The van der Waals surface area contributed by atoms with Crippen molar-refractivity contribution in [2.75, 3.05) is 7.11 Å². The smallest absolute Gasteiger partial charge is 0.337 e. The number of ether oxygens (including phenoxy) is 1. The monoisotopic (exact) mass is 297 g/mol. The number of hydrogen-bond acceptors (Lipinski definition) is 3. The highest BCUT2D eigenvalue weighted by atomic mass is 79.9. The summed E-state index contributed by atoms with van der Waals surface area (Å²) in [6.45, 7) is 6.46. The maximum atomic E-state index is 11.3. The van der Waals surface area contributed by atoms with E-state index in [1.165, 1.54) is 7.11 Å². The highest BCUT2D eigenvalue weighted by Crippen LogP contribution is 2.19. The van der Waals surface area contributed by atoms with E-state index in [9.17, 15) is 4.79 Å². The fourth-order valence-corrected chi connectivity index (χ4v) is 1.81. The first-order valence-corrected chi connectivity index (χ1v) is 6.10. The van der Waals surface area contributed by atoms with E-state index < -0.39 is 0 Å². The molecule has 0 amide bonds. The van der Waals surface area contributed by atoms with Crippen molar-refractivity contribution in [1.82, 2.24) is 5.32 Å². The van der Waals surface area contributed by atoms with Gasteiger partial charge in [0.15, 0.2) is 0 Å². The summed E-state index contributed by atoms with van der Waals surface area (Å²) in [5.41, 5.74) is 1.63. The molecular formula is C13H16BrNO2. The second-order valence-corrected chi connectivity index (χ2v) is 4.56. The average molecular weight is 298 g/mol. The van der Waals surface area contributed by atoms with E-state index in [0.717, 1.165) is 16.6 Å². The largest absolute Gasteiger partial charge is 0.465 e. The van der Waals surface area contributed by atoms with Crippen molar-refractivity contribution in [2.24, 2.45) is 0 Å². The molecule has 1 N–H and O–H groups in total. The van der Waals surface area contributed by atoms with Gasteiger partial charge in [-0.05, 0) is 24.6 Å². The van der Waals surface area contributed by atoms with Crippen molar-refractivity contribution >= 4 is 21.9 Å². The van der Waals surface area contributed by atoms with E-state index >= 15 is 0 Å². The Hall–Kier alpha value is -1.13. The highest BCUT2D eigenvalue weighted by Gasteiger charge is 2.08. The van der Waals surface area contributed by atoms with Crippen LogP contribution in [0.4, 0.5) is 0 Å². The molecule has 0 fully saturated rings. The summed E-state index contributed by atoms with van der Waals surface area (Å²) in [7, 11) is 1.37. The molecule has 0 radical (unpaired) electrons. The number of esters is 1. The van der Waals surface area contributed by atoms with Gasteiger partial charge in [0.25, 0.3) is 0 Å². The van der Waals surface area contributed by atoms with Crippen molar-refractivity contribution in [1.29, 1.82) is 0 Å². The van der Waals surface area contributed by atoms with Crippen LogP contribution in [0, 0.1) is 0 Å². The molecule has 3 nitrogen and oxygen atoms in total. The molecule has 0 saturated carbocycles. The molecule has 0 saturated heterocycles. The van der Waals surface area contributed by atoms with Crippen LogP contribution in [0.3, 0.4) is 0 Å². The van der Waals surface area contributed by atoms with Gasteiger partial charge in [-0.2, -0.15) is 0 Å². The third-order valence-electron chi connectivity index (χ3n) is 2.44. The molecule has 0 aliphatic carbocycles. The average Bonchev–Trinajstić information content (AvgIpc) is 2.35. The standard InChI is InChI=1S/C13H16BrNO2/c1-4-9(2)15-8-11-6-5-10(7-12(11)14)13(16)17-3/h4-7,9,15H,1,8H2,2-3H3. The molecule has 1 unspecified atom stereocenters. The summed E-state index contributed by atoms with van der Waals surface area (Å²) >= 11 is 3.44. The molecule has 0 bridgehead atoms. The minimum atomic E-state index is -0.329. The molecule has 0 heterocycles. The van der Waals surface area contributed by atoms with Gasteiger partial charge in [0.1, 0.15) is 0 Å². The zero-order valence-corrected chi connectivity index (χ0v) is 11.6. The molecule has 4 heteroatoms. The van der Waals surface area contributed by atoms with Gasteiger partial charge in [-0.1, -0.05) is 28.1 Å². The Morgan fingerprint density at radius 1 is 1.65 bits per heavy atom. The molecule has 1 aromatic carbocycles. The number of halogens is 1. The van der Waals surface area contributed by atoms with E-state index in [1.807, 2.05) is 19.1 Å². The lowest BCUT2D eigenvalue weighted by molar-refractivity contribution is 0.0600. The van der Waals surface area contributed by atoms with Gasteiger partial charge < -0.3 is 10.1 Å². The molecule has 0 spiro atoms. The zero-order chi connectivity index (χ0) is 12.8. The lowest BCUT2D eigenvalue weighted by Gasteiger charge is -2.11. The predicted octanol–water partition coefficient (Wildman–Crippen LogP) is 2.90. The fraction of sp³-hybridized carbons (Fsp3) is 0.308. The topological polar surface area (TPSA) is 38.3 Å². The summed E-state index contributed by atoms with van der Waals surface area (Å²) in [4.78, 5) is 11.3. The quantitative estimate of drug-likeness (QED) is 0.671. The van der Waals surface area contributed by atoms with Crippen LogP contribution in [0.15, 0.2) is 35.3 Å². The van der Waals surface area contributed by atoms with Crippen molar-refractivity contribution in [2.45, 2.75) is 19.5 Å². The van der Waals surface area contributed by atoms with Crippen LogP contribution in [0.25, 0.3) is 0 Å². The normalized spacial score (nSPS) is 11.9. The molecule has 92 valence electrons. The van der Waals surface area contributed by atoms with E-state index in [4.69, 9.17) is 0 Å². The maximum Gasteiger partial charge on any atom is 0.337 e. The third kappa shape index (κ3) is 3.98. The number of methoxy groups -OCH3 is 1. The van der Waals surface area contributed by atoms with Gasteiger partial charge in [0.2, 0.25) is 0 Å². The summed E-state index contributed by atoms with van der Waals surface area (Å²) in [6.07, 6.45) is 1.84. The molecule has 0 aromatic heterocycles. The first kappa shape index (κ1) is 13.9. The summed E-state index contributed by atoms with van der Waals surface area (Å²) in [5.74, 6) is -0.329. The Labute approximate surface area is 110 Å². The first-order chi connectivity index (χ1) is 8.08. The number of nitrogens with one attached hydrogen (secondary N) is 1. The minimum Gasteiger partial charge on any atom is -0.465 e. The van der Waals surface area contributed by atoms with Crippen LogP contribution in [-0.2, 0) is 11.3 Å². The predicted molar refractivity (Wildman–Crippen MR) is 72.0 cm³/mol. The second-order valence-electron chi connectivity index (χ2n) is 3.70. The Bertz CT molecular complexity index is 418. The lowest BCUT2D eigenvalue weighted by Crippen LogP contribution is -2.23. The van der Waals surface area contributed by atoms with Crippen LogP contribution >= 0.6 is 15.9 Å². The summed E-state index contributed by atoms with van der Waals surface area (Å²) in [5, 5.41) is 3.29. The zero-order valence-electron chi connectivity index (χ0n) is 10.00. The van der Waals surface area contributed by atoms with Crippen LogP contribution in [-0.4, -0.2) is 19.1 Å². The van der Waals surface area contributed by atoms with Crippen LogP contribution < -0.4 is 5.32 Å². The summed E-state index contributed by atoms with van der Waals surface area (Å²) in [6, 6.07) is 5.68. The maximum absolute atomic E-state index is 11.3. The molecule has 1 atom stereocenters. The van der Waals surface area contributed by atoms with Gasteiger partial charge in [0.05, 0.1) is 12.7 Å². The lowest BCUT2D eigenvalue weighted by atomic mass is 10.1. The number of hydrogen-bond donors (Lipinski definition) is 1. The van der Waals surface area contributed by atoms with E-state index in [2.05, 4.69) is 32.6 Å². The Morgan fingerprint density at radius 2 is 2.35 bits per heavy atom. The molecule has 1 aromatic rings. The Balaban J connectivity index is 2.76. The van der Waals surface area contributed by atoms with Crippen molar-refractivity contribution < 1.29 is 9.53 Å². The molecule has 1 rings (SSSR count). The molecular weight excluding hydrogens is 282 g/mol. The fourth-order valence-electron chi connectivity index (χ4n) is 1.29. The third-order valence-corrected chi connectivity index (χ3v) is 3.18. The van der Waals surface area contributed by atoms with Gasteiger partial charge in [0, 0.05) is 17.1 Å². The number of carbonyl (C=O) groups excluding carboxylic acids is 1. The summed E-state index contributed by atoms with van der Waals surface area (Å²) < 4.78 is 5.55. The number of benzene rings is 1. The highest BCUT2D eigenvalue weighted by molar-refractivity contribution is 9.10. The molecule has 0 aliphatic heterocycles. The Morgan fingerprint density at radius 3 is 2.88 bits per heavy atom. The first-order valence-electron chi connectivity index (χ1n) is 5.31. The Kier molecular flexibility index (Phi) is 5.38. The van der Waals surface area contributed by atoms with E-state index in [-0.39, 0.29) is 12.0 Å². The number of rotatable bonds is 5. The van der Waals surface area contributed by atoms with Crippen molar-refractivity contribution in [3.8, 4) is 0 Å². The SMILES string of the molecule is C=CC(C)NCc1ccc(C(=O)OC)cc1Br.